The molecule has 0 unspecified atom stereocenters. The summed E-state index contributed by atoms with van der Waals surface area (Å²) in [7, 11) is -1.58. The van der Waals surface area contributed by atoms with Crippen LogP contribution < -0.4 is 15.0 Å². The number of pyridine rings is 1. The minimum atomic E-state index is -4.47. The van der Waals surface area contributed by atoms with E-state index < -0.39 is 31.2 Å². The van der Waals surface area contributed by atoms with Crippen molar-refractivity contribution in [1.29, 1.82) is 0 Å². The summed E-state index contributed by atoms with van der Waals surface area (Å²) in [5, 5.41) is 17.5. The molecule has 0 bridgehead atoms. The predicted octanol–water partition coefficient (Wildman–Crippen LogP) is 2.06. The molecule has 3 aromatic rings. The number of aryl methyl sites for hydroxylation is 1. The van der Waals surface area contributed by atoms with Crippen LogP contribution >= 0.6 is 0 Å². The lowest BCUT2D eigenvalue weighted by molar-refractivity contribution is 0.395. The van der Waals surface area contributed by atoms with Gasteiger partial charge in [-0.25, -0.2) is 8.42 Å². The van der Waals surface area contributed by atoms with E-state index in [1.807, 2.05) is 6.92 Å². The van der Waals surface area contributed by atoms with Crippen LogP contribution in [0.15, 0.2) is 39.4 Å². The smallest absolute Gasteiger partial charge is 0.271 e. The zero-order chi connectivity index (χ0) is 21.9. The summed E-state index contributed by atoms with van der Waals surface area (Å²) in [6.07, 6.45) is 2.99. The van der Waals surface area contributed by atoms with Crippen LogP contribution in [-0.4, -0.2) is 47.9 Å². The van der Waals surface area contributed by atoms with Gasteiger partial charge in [0, 0.05) is 5.69 Å². The average Bonchev–Trinajstić information content (AvgIpc) is 3.27. The number of methoxy groups -OCH3 is 2. The van der Waals surface area contributed by atoms with E-state index in [0.29, 0.717) is 35.6 Å². The highest BCUT2D eigenvalue weighted by molar-refractivity contribution is 7.91. The second-order valence-corrected chi connectivity index (χ2v) is 8.23. The Morgan fingerprint density at radius 2 is 1.80 bits per heavy atom. The molecule has 0 saturated heterocycles. The van der Waals surface area contributed by atoms with Crippen LogP contribution in [0, 0.1) is 0 Å². The number of unbranched alkanes of at least 4 members (excludes halogenated alkanes) is 1. The summed E-state index contributed by atoms with van der Waals surface area (Å²) in [6, 6.07) is 5.00. The number of hydrogen-bond donors (Lipinski definition) is 3. The molecule has 0 aliphatic carbocycles. The van der Waals surface area contributed by atoms with Crippen LogP contribution in [0.5, 0.6) is 17.2 Å². The van der Waals surface area contributed by atoms with E-state index in [0.717, 1.165) is 12.7 Å². The Hall–Kier alpha value is -3.34. The number of benzene rings is 1. The van der Waals surface area contributed by atoms with Gasteiger partial charge < -0.3 is 24.5 Å². The quantitative estimate of drug-likeness (QED) is 0.488. The fraction of sp³-hybridized carbons (Fsp3) is 0.316. The van der Waals surface area contributed by atoms with Crippen LogP contribution in [0.25, 0.3) is 11.1 Å². The number of nitrogens with zero attached hydrogens (tertiary/aromatic N) is 2. The van der Waals surface area contributed by atoms with Crippen LogP contribution in [0.2, 0.25) is 0 Å². The average molecular weight is 434 g/mol. The molecule has 0 aliphatic heterocycles. The summed E-state index contributed by atoms with van der Waals surface area (Å²) in [5.74, 6) is -0.0148. The number of aromatic nitrogens is 4. The number of aromatic amines is 2. The van der Waals surface area contributed by atoms with Gasteiger partial charge in [-0.05, 0) is 25.0 Å². The Labute approximate surface area is 172 Å². The topological polar surface area (TPSA) is 147 Å². The van der Waals surface area contributed by atoms with E-state index in [1.54, 1.807) is 18.2 Å². The lowest BCUT2D eigenvalue weighted by Crippen LogP contribution is -2.21. The molecule has 160 valence electrons. The zero-order valence-electron chi connectivity index (χ0n) is 16.7. The van der Waals surface area contributed by atoms with Crippen LogP contribution in [-0.2, 0) is 16.3 Å². The zero-order valence-corrected chi connectivity index (χ0v) is 17.5. The minimum Gasteiger partial charge on any atom is -0.506 e. The third kappa shape index (κ3) is 3.63. The maximum atomic E-state index is 13.0. The highest BCUT2D eigenvalue weighted by Gasteiger charge is 2.33. The second kappa shape index (κ2) is 8.57. The van der Waals surface area contributed by atoms with Crippen molar-refractivity contribution < 1.29 is 23.0 Å². The van der Waals surface area contributed by atoms with E-state index in [4.69, 9.17) is 9.47 Å². The first-order valence-corrected chi connectivity index (χ1v) is 10.7. The summed E-state index contributed by atoms with van der Waals surface area (Å²) >= 11 is 0. The highest BCUT2D eigenvalue weighted by atomic mass is 32.2. The first kappa shape index (κ1) is 21.4. The van der Waals surface area contributed by atoms with Crippen molar-refractivity contribution in [3.05, 3.63) is 40.6 Å². The Bertz CT molecular complexity index is 1180. The number of ether oxygens (including phenoxy) is 2. The highest BCUT2D eigenvalue weighted by Crippen LogP contribution is 2.45. The second-order valence-electron chi connectivity index (χ2n) is 6.42. The lowest BCUT2D eigenvalue weighted by Gasteiger charge is -2.18. The summed E-state index contributed by atoms with van der Waals surface area (Å²) < 4.78 is 36.8. The van der Waals surface area contributed by atoms with Gasteiger partial charge in [0.25, 0.3) is 20.6 Å². The van der Waals surface area contributed by atoms with Crippen LogP contribution in [0.1, 0.15) is 25.5 Å². The van der Waals surface area contributed by atoms with Gasteiger partial charge in [-0.15, -0.1) is 10.2 Å². The Balaban J connectivity index is 2.42. The van der Waals surface area contributed by atoms with Gasteiger partial charge in [-0.3, -0.25) is 4.79 Å². The van der Waals surface area contributed by atoms with Crippen molar-refractivity contribution >= 4 is 9.84 Å². The van der Waals surface area contributed by atoms with Gasteiger partial charge in [0.2, 0.25) is 0 Å². The molecule has 0 amide bonds. The fourth-order valence-electron chi connectivity index (χ4n) is 3.20. The van der Waals surface area contributed by atoms with Crippen LogP contribution in [0.3, 0.4) is 0 Å². The van der Waals surface area contributed by atoms with Crippen LogP contribution in [0.4, 0.5) is 0 Å². The summed E-state index contributed by atoms with van der Waals surface area (Å²) in [5.41, 5.74) is -0.127. The van der Waals surface area contributed by atoms with E-state index in [2.05, 4.69) is 20.2 Å². The molecule has 0 saturated carbocycles. The van der Waals surface area contributed by atoms with E-state index in [1.165, 1.54) is 14.2 Å². The van der Waals surface area contributed by atoms with Crippen molar-refractivity contribution in [2.45, 2.75) is 36.2 Å². The first-order valence-electron chi connectivity index (χ1n) is 9.17. The van der Waals surface area contributed by atoms with Gasteiger partial charge in [-0.1, -0.05) is 19.4 Å². The molecule has 1 aromatic carbocycles. The number of hydrogen-bond acceptors (Lipinski definition) is 8. The SMILES string of the molecule is CCCCc1[nH]c(=O)c(S(=O)(=O)c2nnc[nH]2)c(O)c1-c1c(OC)cccc1OC. The number of nitrogens with one attached hydrogen (secondary N) is 2. The third-order valence-electron chi connectivity index (χ3n) is 4.60. The molecule has 11 heteroatoms. The lowest BCUT2D eigenvalue weighted by atomic mass is 9.98. The van der Waals surface area contributed by atoms with Crippen molar-refractivity contribution in [3.8, 4) is 28.4 Å². The molecule has 0 atom stereocenters. The fourth-order valence-corrected chi connectivity index (χ4v) is 4.41. The monoisotopic (exact) mass is 434 g/mol. The predicted molar refractivity (Wildman–Crippen MR) is 108 cm³/mol. The van der Waals surface area contributed by atoms with Crippen molar-refractivity contribution in [2.75, 3.05) is 14.2 Å². The van der Waals surface area contributed by atoms with Gasteiger partial charge >= 0.3 is 0 Å². The van der Waals surface area contributed by atoms with Crippen molar-refractivity contribution in [2.24, 2.45) is 0 Å². The van der Waals surface area contributed by atoms with Gasteiger partial charge in [0.05, 0.1) is 25.3 Å². The van der Waals surface area contributed by atoms with Crippen molar-refractivity contribution in [3.63, 3.8) is 0 Å². The number of aromatic hydroxyl groups is 1. The van der Waals surface area contributed by atoms with E-state index in [-0.39, 0.29) is 5.56 Å². The van der Waals surface area contributed by atoms with Gasteiger partial charge in [0.15, 0.2) is 4.90 Å². The maximum Gasteiger partial charge on any atom is 0.271 e. The Morgan fingerprint density at radius 3 is 2.33 bits per heavy atom. The molecule has 10 nitrogen and oxygen atoms in total. The first-order chi connectivity index (χ1) is 14.4. The maximum absolute atomic E-state index is 13.0. The summed E-state index contributed by atoms with van der Waals surface area (Å²) in [6.45, 7) is 1.98. The summed E-state index contributed by atoms with van der Waals surface area (Å²) in [4.78, 5) is 16.9. The Kier molecular flexibility index (Phi) is 6.11. The van der Waals surface area contributed by atoms with Gasteiger partial charge in [-0.2, -0.15) is 0 Å². The Morgan fingerprint density at radius 1 is 1.13 bits per heavy atom. The molecule has 0 fully saturated rings. The molecule has 0 aliphatic rings. The van der Waals surface area contributed by atoms with E-state index >= 15 is 0 Å². The normalized spacial score (nSPS) is 11.4. The molecule has 2 heterocycles. The number of sulfone groups is 1. The third-order valence-corrected chi connectivity index (χ3v) is 6.22. The minimum absolute atomic E-state index is 0.121. The molecule has 3 N–H and O–H groups in total. The number of rotatable bonds is 8. The standard InChI is InChI=1S/C19H22N4O6S/c1-4-5-7-11-14(15-12(28-2)8-6-9-13(15)29-3)16(24)17(18(25)22-11)30(26,27)19-20-10-21-23-19/h6,8-10H,4-5,7H2,1-3H3,(H,20,21,23)(H2,22,24,25). The molecular weight excluding hydrogens is 412 g/mol. The molecular formula is C19H22N4O6S. The van der Waals surface area contributed by atoms with Crippen molar-refractivity contribution in [1.82, 2.24) is 20.2 Å². The van der Waals surface area contributed by atoms with Gasteiger partial charge in [0.1, 0.15) is 23.6 Å². The van der Waals surface area contributed by atoms with E-state index in [9.17, 15) is 18.3 Å². The molecule has 0 radical (unpaired) electrons. The largest absolute Gasteiger partial charge is 0.506 e. The number of H-pyrrole nitrogens is 2. The molecule has 2 aromatic heterocycles. The molecule has 3 rings (SSSR count). The molecule has 0 spiro atoms. The molecule has 30 heavy (non-hydrogen) atoms.